The summed E-state index contributed by atoms with van der Waals surface area (Å²) in [5.41, 5.74) is 11.1. The Balaban J connectivity index is 0.781. The zero-order valence-electron chi connectivity index (χ0n) is 26.1. The smallest absolute Gasteiger partial charge is 0.169 e. The summed E-state index contributed by atoms with van der Waals surface area (Å²) in [6.45, 7) is 2.04. The van der Waals surface area contributed by atoms with Crippen molar-refractivity contribution in [2.24, 2.45) is 0 Å². The minimum atomic E-state index is 1.02. The molecule has 2 aliphatic rings. The van der Waals surface area contributed by atoms with Crippen LogP contribution >= 0.6 is 21.6 Å². The van der Waals surface area contributed by atoms with Gasteiger partial charge < -0.3 is 0 Å². The van der Waals surface area contributed by atoms with E-state index in [1.54, 1.807) is 0 Å². The molecule has 2 heterocycles. The normalized spacial score (nSPS) is 13.7. The van der Waals surface area contributed by atoms with E-state index in [-0.39, 0.29) is 0 Å². The zero-order valence-corrected chi connectivity index (χ0v) is 27.7. The Morgan fingerprint density at radius 2 is 0.870 bits per heavy atom. The first-order chi connectivity index (χ1) is 22.8. The van der Waals surface area contributed by atoms with Crippen molar-refractivity contribution < 1.29 is 9.13 Å². The van der Waals surface area contributed by atoms with E-state index >= 15 is 0 Å². The highest BCUT2D eigenvalue weighted by molar-refractivity contribution is 8.76. The number of hydrogen-bond acceptors (Lipinski definition) is 2. The Labute approximate surface area is 279 Å². The number of rotatable bonds is 11. The third kappa shape index (κ3) is 6.17. The second-order valence-electron chi connectivity index (χ2n) is 12.4. The van der Waals surface area contributed by atoms with Crippen LogP contribution in [0.25, 0.3) is 45.8 Å². The molecule has 0 fully saturated rings. The molecule has 0 radical (unpaired) electrons. The van der Waals surface area contributed by atoms with Crippen LogP contribution in [0.2, 0.25) is 0 Å². The van der Waals surface area contributed by atoms with Crippen LogP contribution in [-0.4, -0.2) is 11.5 Å². The van der Waals surface area contributed by atoms with Crippen molar-refractivity contribution in [1.82, 2.24) is 0 Å². The Morgan fingerprint density at radius 3 is 1.30 bits per heavy atom. The molecule has 2 aromatic heterocycles. The topological polar surface area (TPSA) is 7.76 Å². The molecule has 0 saturated carbocycles. The number of nitrogens with zero attached hydrogens (tertiary/aromatic N) is 2. The zero-order chi connectivity index (χ0) is 30.7. The van der Waals surface area contributed by atoms with E-state index in [4.69, 9.17) is 0 Å². The average molecular weight is 635 g/mol. The number of benzene rings is 4. The summed E-state index contributed by atoms with van der Waals surface area (Å²) in [6.07, 6.45) is 22.5. The maximum atomic E-state index is 2.32. The molecule has 6 aromatic rings. The highest BCUT2D eigenvalue weighted by Crippen LogP contribution is 2.34. The summed E-state index contributed by atoms with van der Waals surface area (Å²) in [6, 6.07) is 31.6. The molecule has 46 heavy (non-hydrogen) atoms. The molecule has 0 saturated heterocycles. The highest BCUT2D eigenvalue weighted by Gasteiger charge is 2.16. The molecule has 8 rings (SSSR count). The molecule has 4 heteroatoms. The molecule has 0 unspecified atom stereocenters. The first-order valence-electron chi connectivity index (χ1n) is 16.4. The lowest BCUT2D eigenvalue weighted by atomic mass is 9.99. The van der Waals surface area contributed by atoms with Crippen LogP contribution < -0.4 is 9.13 Å². The second kappa shape index (κ2) is 13.3. The molecule has 0 aliphatic heterocycles. The SMILES string of the molecule is C(=C\c1ccc2c3c(cccc13)CC2)/c1cc[n+](CCSSCC[n+]2ccc(/C=C/c3ccc4c5c(cccc35)CC4)cc2)cc1. The van der Waals surface area contributed by atoms with Gasteiger partial charge in [0.15, 0.2) is 37.9 Å². The fourth-order valence-electron chi connectivity index (χ4n) is 7.06. The molecule has 0 atom stereocenters. The molecule has 0 N–H and O–H groups in total. The van der Waals surface area contributed by atoms with Crippen molar-refractivity contribution in [3.8, 4) is 0 Å². The predicted octanol–water partition coefficient (Wildman–Crippen LogP) is 9.19. The predicted molar refractivity (Wildman–Crippen MR) is 199 cm³/mol. The van der Waals surface area contributed by atoms with Gasteiger partial charge >= 0.3 is 0 Å². The van der Waals surface area contributed by atoms with Gasteiger partial charge in [-0.25, -0.2) is 9.13 Å². The summed E-state index contributed by atoms with van der Waals surface area (Å²) in [4.78, 5) is 0. The quantitative estimate of drug-likeness (QED) is 0.0798. The van der Waals surface area contributed by atoms with Crippen LogP contribution in [0.3, 0.4) is 0 Å². The monoisotopic (exact) mass is 634 g/mol. The number of aryl methyl sites for hydroxylation is 6. The molecule has 0 amide bonds. The van der Waals surface area contributed by atoms with Crippen molar-refractivity contribution in [1.29, 1.82) is 0 Å². The van der Waals surface area contributed by atoms with E-state index < -0.39 is 0 Å². The van der Waals surface area contributed by atoms with Gasteiger partial charge in [0.25, 0.3) is 0 Å². The maximum absolute atomic E-state index is 2.32. The Kier molecular flexibility index (Phi) is 8.48. The van der Waals surface area contributed by atoms with Gasteiger partial charge in [-0.05, 0) is 91.7 Å². The summed E-state index contributed by atoms with van der Waals surface area (Å²) in [7, 11) is 3.92. The Bertz CT molecular complexity index is 1920. The van der Waals surface area contributed by atoms with Gasteiger partial charge in [-0.15, -0.1) is 0 Å². The average Bonchev–Trinajstić information content (AvgIpc) is 3.73. The van der Waals surface area contributed by atoms with E-state index in [1.165, 1.54) is 91.7 Å². The van der Waals surface area contributed by atoms with Crippen LogP contribution in [0.1, 0.15) is 44.5 Å². The summed E-state index contributed by atoms with van der Waals surface area (Å²) in [5, 5.41) is 5.73. The molecule has 226 valence electrons. The van der Waals surface area contributed by atoms with Crippen molar-refractivity contribution in [3.63, 3.8) is 0 Å². The molecular formula is C42H38N2S2+2. The molecule has 0 bridgehead atoms. The van der Waals surface area contributed by atoms with Gasteiger partial charge in [0, 0.05) is 24.3 Å². The van der Waals surface area contributed by atoms with Gasteiger partial charge in [0.05, 0.1) is 11.5 Å². The minimum absolute atomic E-state index is 1.02. The summed E-state index contributed by atoms with van der Waals surface area (Å²) >= 11 is 0. The number of hydrogen-bond donors (Lipinski definition) is 0. The van der Waals surface area contributed by atoms with Crippen molar-refractivity contribution >= 4 is 67.4 Å². The first-order valence-corrected chi connectivity index (χ1v) is 18.9. The van der Waals surface area contributed by atoms with E-state index in [0.717, 1.165) is 24.6 Å². The van der Waals surface area contributed by atoms with E-state index in [2.05, 4.69) is 143 Å². The van der Waals surface area contributed by atoms with E-state index in [0.29, 0.717) is 0 Å². The first kappa shape index (κ1) is 29.3. The van der Waals surface area contributed by atoms with E-state index in [1.807, 2.05) is 21.6 Å². The largest absolute Gasteiger partial charge is 0.204 e. The van der Waals surface area contributed by atoms with Crippen LogP contribution in [0.15, 0.2) is 110 Å². The van der Waals surface area contributed by atoms with Gasteiger partial charge in [0.2, 0.25) is 0 Å². The lowest BCUT2D eigenvalue weighted by Crippen LogP contribution is -2.34. The van der Waals surface area contributed by atoms with Crippen LogP contribution in [-0.2, 0) is 38.8 Å². The van der Waals surface area contributed by atoms with Crippen molar-refractivity contribution in [2.75, 3.05) is 11.5 Å². The van der Waals surface area contributed by atoms with Crippen LogP contribution in [0, 0.1) is 0 Å². The highest BCUT2D eigenvalue weighted by atomic mass is 33.1. The lowest BCUT2D eigenvalue weighted by Gasteiger charge is -2.05. The second-order valence-corrected chi connectivity index (χ2v) is 15.1. The molecular weight excluding hydrogens is 597 g/mol. The fourth-order valence-corrected chi connectivity index (χ4v) is 9.02. The number of pyridine rings is 2. The Morgan fingerprint density at radius 1 is 0.457 bits per heavy atom. The van der Waals surface area contributed by atoms with Gasteiger partial charge in [-0.2, -0.15) is 0 Å². The van der Waals surface area contributed by atoms with E-state index in [9.17, 15) is 0 Å². The van der Waals surface area contributed by atoms with Crippen molar-refractivity contribution in [3.05, 3.63) is 154 Å². The lowest BCUT2D eigenvalue weighted by molar-refractivity contribution is -0.692. The molecule has 2 nitrogen and oxygen atoms in total. The van der Waals surface area contributed by atoms with Gasteiger partial charge in [-0.3, -0.25) is 0 Å². The molecule has 0 spiro atoms. The van der Waals surface area contributed by atoms with Gasteiger partial charge in [-0.1, -0.05) is 107 Å². The van der Waals surface area contributed by atoms with Gasteiger partial charge in [0.1, 0.15) is 0 Å². The molecule has 2 aliphatic carbocycles. The summed E-state index contributed by atoms with van der Waals surface area (Å²) in [5.74, 6) is 2.19. The standard InChI is InChI=1S/C42H38N2S2/c1-3-35-15-17-37-13-11-33(39(5-1)41(35)37)9-7-31-19-23-43(24-20-31)27-29-45-46-30-28-44-25-21-32(22-26-44)8-10-34-12-14-38-18-16-36-4-2-6-40(34)42(36)38/h1-14,19-26H,15-18,27-30H2/q+2/b9-7+,10-8+. The number of aromatic nitrogens is 2. The van der Waals surface area contributed by atoms with Crippen LogP contribution in [0.4, 0.5) is 0 Å². The third-order valence-electron chi connectivity index (χ3n) is 9.51. The molecule has 4 aromatic carbocycles. The summed E-state index contributed by atoms with van der Waals surface area (Å²) < 4.78 is 4.57. The Hall–Kier alpha value is -4.12. The fraction of sp³-hybridized carbons (Fsp3) is 0.190. The minimum Gasteiger partial charge on any atom is -0.204 e. The third-order valence-corrected chi connectivity index (χ3v) is 11.9. The van der Waals surface area contributed by atoms with Crippen molar-refractivity contribution in [2.45, 2.75) is 38.8 Å². The maximum Gasteiger partial charge on any atom is 0.169 e. The van der Waals surface area contributed by atoms with Crippen LogP contribution in [0.5, 0.6) is 0 Å².